The monoisotopic (exact) mass is 481 g/mol. The van der Waals surface area contributed by atoms with Gasteiger partial charge in [0.05, 0.1) is 15.6 Å². The lowest BCUT2D eigenvalue weighted by molar-refractivity contribution is 0.486. The summed E-state index contributed by atoms with van der Waals surface area (Å²) in [6.07, 6.45) is 3.46. The van der Waals surface area contributed by atoms with E-state index < -0.39 is 5.82 Å². The molecule has 2 aromatic carbocycles. The number of hydrogen-bond donors (Lipinski definition) is 0. The SMILES string of the molecule is CC(C)n1c(=O)c(-c2ccc(Cl)cc2Cl)c2ncc(Sc3ccc(F)cc3Cl)cn21. The second-order valence-electron chi connectivity index (χ2n) is 6.88. The molecule has 4 nitrogen and oxygen atoms in total. The smallest absolute Gasteiger partial charge is 0.267 e. The zero-order valence-electron chi connectivity index (χ0n) is 15.9. The minimum absolute atomic E-state index is 0.124. The molecular formula is C21H15Cl3FN3OS. The van der Waals surface area contributed by atoms with Gasteiger partial charge in [0.15, 0.2) is 5.65 Å². The van der Waals surface area contributed by atoms with Crippen LogP contribution in [-0.4, -0.2) is 14.2 Å². The van der Waals surface area contributed by atoms with Crippen molar-refractivity contribution in [3.05, 3.63) is 80.0 Å². The van der Waals surface area contributed by atoms with Crippen LogP contribution in [-0.2, 0) is 0 Å². The molecule has 0 unspecified atom stereocenters. The van der Waals surface area contributed by atoms with Crippen LogP contribution in [0.2, 0.25) is 15.1 Å². The van der Waals surface area contributed by atoms with E-state index in [2.05, 4.69) is 4.98 Å². The minimum Gasteiger partial charge on any atom is -0.267 e. The molecule has 4 rings (SSSR count). The van der Waals surface area contributed by atoms with Crippen molar-refractivity contribution in [1.82, 2.24) is 14.2 Å². The number of halogens is 4. The topological polar surface area (TPSA) is 39.3 Å². The number of benzene rings is 2. The third-order valence-corrected chi connectivity index (χ3v) is 6.46. The predicted octanol–water partition coefficient (Wildman–Crippen LogP) is 6.99. The first-order valence-electron chi connectivity index (χ1n) is 8.97. The van der Waals surface area contributed by atoms with Gasteiger partial charge in [-0.1, -0.05) is 52.6 Å². The highest BCUT2D eigenvalue weighted by Gasteiger charge is 2.21. The Morgan fingerprint density at radius 2 is 1.83 bits per heavy atom. The van der Waals surface area contributed by atoms with Gasteiger partial charge in [-0.05, 0) is 44.2 Å². The molecule has 0 bridgehead atoms. The Bertz CT molecular complexity index is 1330. The molecular weight excluding hydrogens is 468 g/mol. The van der Waals surface area contributed by atoms with Crippen LogP contribution in [0.15, 0.2) is 63.4 Å². The van der Waals surface area contributed by atoms with Crippen molar-refractivity contribution in [2.75, 3.05) is 0 Å². The summed E-state index contributed by atoms with van der Waals surface area (Å²) in [5, 5.41) is 1.17. The quantitative estimate of drug-likeness (QED) is 0.314. The number of fused-ring (bicyclic) bond motifs is 1. The summed E-state index contributed by atoms with van der Waals surface area (Å²) in [6, 6.07) is 9.09. The summed E-state index contributed by atoms with van der Waals surface area (Å²) >= 11 is 19.9. The molecule has 154 valence electrons. The van der Waals surface area contributed by atoms with Crippen LogP contribution in [0.25, 0.3) is 16.8 Å². The molecule has 0 fully saturated rings. The zero-order chi connectivity index (χ0) is 21.6. The summed E-state index contributed by atoms with van der Waals surface area (Å²) in [4.78, 5) is 19.2. The van der Waals surface area contributed by atoms with Crippen molar-refractivity contribution in [2.24, 2.45) is 0 Å². The van der Waals surface area contributed by atoms with Crippen LogP contribution in [0.1, 0.15) is 19.9 Å². The van der Waals surface area contributed by atoms with Gasteiger partial charge in [0.25, 0.3) is 5.56 Å². The van der Waals surface area contributed by atoms with E-state index in [0.717, 1.165) is 4.90 Å². The lowest BCUT2D eigenvalue weighted by Gasteiger charge is -2.11. The van der Waals surface area contributed by atoms with Gasteiger partial charge < -0.3 is 0 Å². The van der Waals surface area contributed by atoms with Crippen LogP contribution in [0.4, 0.5) is 4.39 Å². The predicted molar refractivity (Wildman–Crippen MR) is 121 cm³/mol. The lowest BCUT2D eigenvalue weighted by Crippen LogP contribution is -2.22. The first-order chi connectivity index (χ1) is 14.3. The van der Waals surface area contributed by atoms with Gasteiger partial charge in [-0.25, -0.2) is 18.6 Å². The molecule has 0 aliphatic carbocycles. The maximum atomic E-state index is 13.3. The van der Waals surface area contributed by atoms with E-state index in [1.807, 2.05) is 13.8 Å². The fourth-order valence-corrected chi connectivity index (χ4v) is 4.79. The average Bonchev–Trinajstić information content (AvgIpc) is 2.95. The molecule has 0 N–H and O–H groups in total. The van der Waals surface area contributed by atoms with E-state index in [1.165, 1.54) is 23.9 Å². The second-order valence-corrected chi connectivity index (χ2v) is 9.24. The lowest BCUT2D eigenvalue weighted by atomic mass is 10.1. The third kappa shape index (κ3) is 3.85. The van der Waals surface area contributed by atoms with Crippen molar-refractivity contribution in [1.29, 1.82) is 0 Å². The van der Waals surface area contributed by atoms with Gasteiger partial charge in [0.2, 0.25) is 0 Å². The van der Waals surface area contributed by atoms with Crippen LogP contribution in [0, 0.1) is 5.82 Å². The minimum atomic E-state index is -0.401. The normalized spacial score (nSPS) is 11.6. The standard InChI is InChI=1S/C21H15Cl3FN3OS/c1-11(2)28-21(29)19(15-5-3-12(22)7-16(15)23)20-26-9-14(10-27(20)28)30-18-6-4-13(25)8-17(18)24/h3-11H,1-2H3. The molecule has 0 aliphatic rings. The molecule has 0 saturated carbocycles. The van der Waals surface area contributed by atoms with Crippen molar-refractivity contribution in [3.8, 4) is 11.1 Å². The molecule has 0 saturated heterocycles. The van der Waals surface area contributed by atoms with Crippen LogP contribution in [0.3, 0.4) is 0 Å². The first kappa shape index (κ1) is 21.2. The zero-order valence-corrected chi connectivity index (χ0v) is 19.0. The van der Waals surface area contributed by atoms with E-state index in [9.17, 15) is 9.18 Å². The summed E-state index contributed by atoms with van der Waals surface area (Å²) in [6.45, 7) is 3.83. The Morgan fingerprint density at radius 1 is 1.07 bits per heavy atom. The molecule has 2 aromatic heterocycles. The van der Waals surface area contributed by atoms with Gasteiger partial charge in [-0.2, -0.15) is 0 Å². The molecule has 4 aromatic rings. The molecule has 0 spiro atoms. The number of aromatic nitrogens is 3. The highest BCUT2D eigenvalue weighted by Crippen LogP contribution is 2.35. The first-order valence-corrected chi connectivity index (χ1v) is 10.9. The molecule has 9 heteroatoms. The van der Waals surface area contributed by atoms with Gasteiger partial charge in [-0.15, -0.1) is 0 Å². The van der Waals surface area contributed by atoms with E-state index in [-0.39, 0.29) is 11.6 Å². The summed E-state index contributed by atoms with van der Waals surface area (Å²) in [7, 11) is 0. The Kier molecular flexibility index (Phi) is 5.86. The maximum Gasteiger partial charge on any atom is 0.277 e. The van der Waals surface area contributed by atoms with Crippen LogP contribution >= 0.6 is 46.6 Å². The van der Waals surface area contributed by atoms with Crippen molar-refractivity contribution >= 4 is 52.2 Å². The maximum absolute atomic E-state index is 13.3. The van der Waals surface area contributed by atoms with Crippen molar-refractivity contribution < 1.29 is 4.39 Å². The highest BCUT2D eigenvalue weighted by molar-refractivity contribution is 7.99. The Balaban J connectivity index is 1.90. The molecule has 30 heavy (non-hydrogen) atoms. The fraction of sp³-hybridized carbons (Fsp3) is 0.143. The van der Waals surface area contributed by atoms with Gasteiger partial charge in [0, 0.05) is 38.8 Å². The fourth-order valence-electron chi connectivity index (χ4n) is 3.20. The summed E-state index contributed by atoms with van der Waals surface area (Å²) in [5.74, 6) is -0.401. The average molecular weight is 483 g/mol. The van der Waals surface area contributed by atoms with Crippen molar-refractivity contribution in [3.63, 3.8) is 0 Å². The molecule has 0 aliphatic heterocycles. The van der Waals surface area contributed by atoms with Gasteiger partial charge >= 0.3 is 0 Å². The highest BCUT2D eigenvalue weighted by atomic mass is 35.5. The van der Waals surface area contributed by atoms with Crippen molar-refractivity contribution in [2.45, 2.75) is 29.7 Å². The van der Waals surface area contributed by atoms with E-state index in [0.29, 0.717) is 36.7 Å². The largest absolute Gasteiger partial charge is 0.277 e. The molecule has 0 amide bonds. The number of rotatable bonds is 4. The summed E-state index contributed by atoms with van der Waals surface area (Å²) in [5.41, 5.74) is 1.25. The van der Waals surface area contributed by atoms with Gasteiger partial charge in [-0.3, -0.25) is 4.79 Å². The van der Waals surface area contributed by atoms with E-state index in [4.69, 9.17) is 34.8 Å². The van der Waals surface area contributed by atoms with Crippen LogP contribution < -0.4 is 5.56 Å². The van der Waals surface area contributed by atoms with Crippen LogP contribution in [0.5, 0.6) is 0 Å². The molecule has 0 atom stereocenters. The molecule has 2 heterocycles. The Hall–Kier alpha value is -1.99. The second kappa shape index (κ2) is 8.27. The number of nitrogens with zero attached hydrogens (tertiary/aromatic N) is 3. The van der Waals surface area contributed by atoms with E-state index in [1.54, 1.807) is 45.9 Å². The molecule has 0 radical (unpaired) electrons. The Morgan fingerprint density at radius 3 is 2.50 bits per heavy atom. The number of hydrogen-bond acceptors (Lipinski definition) is 3. The van der Waals surface area contributed by atoms with Gasteiger partial charge in [0.1, 0.15) is 5.82 Å². The van der Waals surface area contributed by atoms with E-state index >= 15 is 0 Å². The summed E-state index contributed by atoms with van der Waals surface area (Å²) < 4.78 is 16.7. The Labute approximate surface area is 191 Å². The third-order valence-electron chi connectivity index (χ3n) is 4.47.